The van der Waals surface area contributed by atoms with Crippen LogP contribution in [0.5, 0.6) is 0 Å². The molecule has 3 aromatic carbocycles. The van der Waals surface area contributed by atoms with Crippen molar-refractivity contribution < 1.29 is 0 Å². The molecule has 24 heavy (non-hydrogen) atoms. The Hall–Kier alpha value is -1.54. The van der Waals surface area contributed by atoms with E-state index in [1.165, 1.54) is 0 Å². The summed E-state index contributed by atoms with van der Waals surface area (Å²) in [7, 11) is 29.9. The first-order valence-electron chi connectivity index (χ1n) is 7.28. The Morgan fingerprint density at radius 3 is 1.25 bits per heavy atom. The van der Waals surface area contributed by atoms with Crippen molar-refractivity contribution in [2.45, 2.75) is 0 Å². The van der Waals surface area contributed by atoms with E-state index in [9.17, 15) is 0 Å². The number of halogens is 1. The third kappa shape index (κ3) is 3.04. The topological polar surface area (TPSA) is 0 Å². The Morgan fingerprint density at radius 1 is 0.458 bits per heavy atom. The maximum atomic E-state index is 6.11. The molecule has 0 aliphatic carbocycles. The van der Waals surface area contributed by atoms with Crippen molar-refractivity contribution in [2.24, 2.45) is 0 Å². The van der Waals surface area contributed by atoms with Crippen molar-refractivity contribution in [1.29, 1.82) is 0 Å². The maximum absolute atomic E-state index is 6.11. The number of hydrogen-bond donors (Lipinski definition) is 0. The fourth-order valence-corrected chi connectivity index (χ4v) is 2.90. The van der Waals surface area contributed by atoms with Gasteiger partial charge in [-0.3, -0.25) is 0 Å². The molecule has 0 unspecified atom stereocenters. The average Bonchev–Trinajstić information content (AvgIpc) is 2.60. The van der Waals surface area contributed by atoms with E-state index in [0.29, 0.717) is 16.5 Å². The van der Waals surface area contributed by atoms with Crippen LogP contribution in [0.1, 0.15) is 0 Å². The molecule has 0 N–H and O–H groups in total. The molecule has 102 valence electrons. The molecule has 0 atom stereocenters. The first kappa shape index (κ1) is 17.3. The van der Waals surface area contributed by atoms with Crippen LogP contribution in [0.4, 0.5) is 0 Å². The highest BCUT2D eigenvalue weighted by Gasteiger charge is 2.12. The molecule has 10 radical (unpaired) electrons. The zero-order chi connectivity index (χ0) is 17.4. The van der Waals surface area contributed by atoms with Gasteiger partial charge in [-0.2, -0.15) is 0 Å². The minimum absolute atomic E-state index is 0.222. The molecule has 3 rings (SSSR count). The number of rotatable bonds is 2. The molecule has 0 spiro atoms. The summed E-state index contributed by atoms with van der Waals surface area (Å²) in [5.41, 5.74) is 5.07. The van der Waals surface area contributed by atoms with Crippen LogP contribution in [0, 0.1) is 0 Å². The molecule has 0 fully saturated rings. The molecular weight excluding hydrogens is 350 g/mol. The van der Waals surface area contributed by atoms with E-state index in [2.05, 4.69) is 15.9 Å². The third-order valence-electron chi connectivity index (χ3n) is 4.05. The van der Waals surface area contributed by atoms with E-state index in [0.717, 1.165) is 21.2 Å². The first-order chi connectivity index (χ1) is 11.4. The summed E-state index contributed by atoms with van der Waals surface area (Å²) in [6.07, 6.45) is 0. The van der Waals surface area contributed by atoms with Crippen LogP contribution < -0.4 is 27.3 Å². The van der Waals surface area contributed by atoms with Gasteiger partial charge in [-0.15, -0.1) is 16.4 Å². The minimum atomic E-state index is 0.222. The van der Waals surface area contributed by atoms with Crippen LogP contribution in [0.2, 0.25) is 0 Å². The van der Waals surface area contributed by atoms with Gasteiger partial charge in [-0.05, 0) is 34.4 Å². The van der Waals surface area contributed by atoms with Crippen LogP contribution in [-0.2, 0) is 0 Å². The summed E-state index contributed by atoms with van der Waals surface area (Å²) in [5.74, 6) is 0. The molecule has 0 nitrogen and oxygen atoms in total. The van der Waals surface area contributed by atoms with Gasteiger partial charge >= 0.3 is 0 Å². The van der Waals surface area contributed by atoms with Crippen LogP contribution in [-0.4, -0.2) is 39.2 Å². The fraction of sp³-hybridized carbons (Fsp3) is 0. The third-order valence-corrected chi connectivity index (χ3v) is 4.58. The molecular formula is C18H8B5Br. The van der Waals surface area contributed by atoms with Gasteiger partial charge in [0.2, 0.25) is 0 Å². The molecule has 0 saturated heterocycles. The smallest absolute Gasteiger partial charge is 0.112 e. The number of benzene rings is 3. The molecule has 0 amide bonds. The van der Waals surface area contributed by atoms with Gasteiger partial charge in [0.05, 0.1) is 0 Å². The molecule has 0 bridgehead atoms. The van der Waals surface area contributed by atoms with E-state index >= 15 is 0 Å². The van der Waals surface area contributed by atoms with E-state index in [-0.39, 0.29) is 16.4 Å². The van der Waals surface area contributed by atoms with Gasteiger partial charge in [0.1, 0.15) is 39.2 Å². The van der Waals surface area contributed by atoms with Gasteiger partial charge in [0, 0.05) is 4.47 Å². The van der Waals surface area contributed by atoms with Crippen LogP contribution in [0.3, 0.4) is 0 Å². The Morgan fingerprint density at radius 2 is 0.792 bits per heavy atom. The lowest BCUT2D eigenvalue weighted by atomic mass is 9.59. The summed E-state index contributed by atoms with van der Waals surface area (Å²) in [5, 5.41) is 0. The van der Waals surface area contributed by atoms with Gasteiger partial charge in [-0.1, -0.05) is 63.3 Å². The second-order valence-electron chi connectivity index (χ2n) is 5.53. The highest BCUT2D eigenvalue weighted by molar-refractivity contribution is 9.10. The summed E-state index contributed by atoms with van der Waals surface area (Å²) in [6.45, 7) is 0. The normalized spacial score (nSPS) is 10.7. The van der Waals surface area contributed by atoms with Crippen molar-refractivity contribution in [3.8, 4) is 22.3 Å². The average molecular weight is 358 g/mol. The number of hydrogen-bond acceptors (Lipinski definition) is 0. The standard InChI is InChI=1S/C18H8B5Br/c19-14-13(15(20)17(22)18(23)16(14)21)11-3-1-9(2-4-11)10-5-7-12(24)8-6-10/h1-8H. The summed E-state index contributed by atoms with van der Waals surface area (Å²) in [6, 6.07) is 16.0. The van der Waals surface area contributed by atoms with Gasteiger partial charge in [-0.25, -0.2) is 0 Å². The van der Waals surface area contributed by atoms with Gasteiger partial charge < -0.3 is 0 Å². The van der Waals surface area contributed by atoms with Crippen molar-refractivity contribution in [3.63, 3.8) is 0 Å². The largest absolute Gasteiger partial charge is 0.113 e. The quantitative estimate of drug-likeness (QED) is 0.555. The molecule has 0 aliphatic heterocycles. The molecule has 6 heteroatoms. The zero-order valence-electron chi connectivity index (χ0n) is 12.9. The highest BCUT2D eigenvalue weighted by Crippen LogP contribution is 2.24. The molecule has 0 aliphatic rings. The van der Waals surface area contributed by atoms with Crippen LogP contribution >= 0.6 is 15.9 Å². The van der Waals surface area contributed by atoms with Crippen LogP contribution in [0.15, 0.2) is 53.0 Å². The van der Waals surface area contributed by atoms with Gasteiger partial charge in [0.15, 0.2) is 0 Å². The van der Waals surface area contributed by atoms with E-state index < -0.39 is 0 Å². The predicted molar refractivity (Wildman–Crippen MR) is 112 cm³/mol. The van der Waals surface area contributed by atoms with Crippen LogP contribution in [0.25, 0.3) is 22.3 Å². The monoisotopic (exact) mass is 358 g/mol. The lowest BCUT2D eigenvalue weighted by Crippen LogP contribution is -2.55. The fourth-order valence-electron chi connectivity index (χ4n) is 2.63. The summed E-state index contributed by atoms with van der Waals surface area (Å²) >= 11 is 3.43. The predicted octanol–water partition coefficient (Wildman–Crippen LogP) is -0.248. The Labute approximate surface area is 157 Å². The molecule has 0 saturated carbocycles. The molecule has 0 heterocycles. The Bertz CT molecular complexity index is 873. The van der Waals surface area contributed by atoms with Crippen molar-refractivity contribution in [1.82, 2.24) is 0 Å². The lowest BCUT2D eigenvalue weighted by molar-refractivity contribution is 1.59. The molecule has 0 aromatic heterocycles. The SMILES string of the molecule is [B]c1c([B])c([B])c(-c2ccc(-c3ccc(Br)cc3)cc2)c([B])c1[B]. The second kappa shape index (κ2) is 6.76. The van der Waals surface area contributed by atoms with E-state index in [1.54, 1.807) is 0 Å². The first-order valence-corrected chi connectivity index (χ1v) is 8.07. The highest BCUT2D eigenvalue weighted by atomic mass is 79.9. The van der Waals surface area contributed by atoms with Crippen molar-refractivity contribution in [2.75, 3.05) is 0 Å². The van der Waals surface area contributed by atoms with Gasteiger partial charge in [0.25, 0.3) is 0 Å². The summed E-state index contributed by atoms with van der Waals surface area (Å²) < 4.78 is 1.04. The van der Waals surface area contributed by atoms with E-state index in [4.69, 9.17) is 39.2 Å². The second-order valence-corrected chi connectivity index (χ2v) is 6.44. The molecule has 3 aromatic rings. The Balaban J connectivity index is 2.08. The minimum Gasteiger partial charge on any atom is -0.112 e. The summed E-state index contributed by atoms with van der Waals surface area (Å²) in [4.78, 5) is 0. The maximum Gasteiger partial charge on any atom is 0.113 e. The van der Waals surface area contributed by atoms with Crippen molar-refractivity contribution in [3.05, 3.63) is 53.0 Å². The zero-order valence-corrected chi connectivity index (χ0v) is 14.5. The lowest BCUT2D eigenvalue weighted by Gasteiger charge is -2.21. The van der Waals surface area contributed by atoms with E-state index in [1.807, 2.05) is 48.5 Å². The van der Waals surface area contributed by atoms with Crippen molar-refractivity contribution >= 4 is 82.5 Å². The Kier molecular flexibility index (Phi) is 4.87.